The maximum atomic E-state index is 14.2. The Labute approximate surface area is 233 Å². The number of aromatic nitrogens is 1. The number of rotatable bonds is 8. The molecule has 0 aliphatic rings. The number of urea groups is 1. The van der Waals surface area contributed by atoms with Gasteiger partial charge in [0.05, 0.1) is 22.3 Å². The number of hydrogen-bond donors (Lipinski definition) is 2. The SMILES string of the molecule is CC(=O)c1cc(-c2cccnc2[C@@H](Cc2cc(F)cc(F)c2)NC(=O)NS(=O)(=O)c2ccccc2Cl)ccc1F. The highest BCUT2D eigenvalue weighted by Gasteiger charge is 2.26. The summed E-state index contributed by atoms with van der Waals surface area (Å²) in [5.74, 6) is -2.95. The van der Waals surface area contributed by atoms with Crippen LogP contribution in [0, 0.1) is 17.5 Å². The predicted molar refractivity (Wildman–Crippen MR) is 143 cm³/mol. The van der Waals surface area contributed by atoms with Gasteiger partial charge in [0.15, 0.2) is 5.78 Å². The van der Waals surface area contributed by atoms with Gasteiger partial charge in [-0.2, -0.15) is 0 Å². The molecule has 0 fully saturated rings. The predicted octanol–water partition coefficient (Wildman–Crippen LogP) is 5.99. The van der Waals surface area contributed by atoms with E-state index in [1.54, 1.807) is 12.1 Å². The Hall–Kier alpha value is -4.22. The average Bonchev–Trinajstić information content (AvgIpc) is 2.87. The highest BCUT2D eigenvalue weighted by Crippen LogP contribution is 2.30. The first-order chi connectivity index (χ1) is 18.9. The van der Waals surface area contributed by atoms with Crippen molar-refractivity contribution < 1.29 is 31.2 Å². The number of carbonyl (C=O) groups excluding carboxylic acids is 2. The van der Waals surface area contributed by atoms with Crippen molar-refractivity contribution in [1.29, 1.82) is 0 Å². The van der Waals surface area contributed by atoms with E-state index in [0.717, 1.165) is 18.2 Å². The largest absolute Gasteiger partial charge is 0.329 e. The summed E-state index contributed by atoms with van der Waals surface area (Å²) in [6.07, 6.45) is 1.19. The normalized spacial score (nSPS) is 12.0. The molecule has 0 aliphatic heterocycles. The van der Waals surface area contributed by atoms with E-state index in [4.69, 9.17) is 11.6 Å². The van der Waals surface area contributed by atoms with Crippen molar-refractivity contribution in [2.75, 3.05) is 0 Å². The van der Waals surface area contributed by atoms with Gasteiger partial charge in [-0.25, -0.2) is 31.1 Å². The van der Waals surface area contributed by atoms with E-state index in [-0.39, 0.29) is 33.2 Å². The Morgan fingerprint density at radius 2 is 1.65 bits per heavy atom. The molecule has 0 saturated carbocycles. The molecule has 7 nitrogen and oxygen atoms in total. The van der Waals surface area contributed by atoms with E-state index >= 15 is 0 Å². The fraction of sp³-hybridized carbons (Fsp3) is 0.107. The number of sulfonamides is 1. The van der Waals surface area contributed by atoms with Gasteiger partial charge < -0.3 is 5.32 Å². The van der Waals surface area contributed by atoms with Crippen LogP contribution in [0.15, 0.2) is 83.9 Å². The molecule has 0 spiro atoms. The summed E-state index contributed by atoms with van der Waals surface area (Å²) in [5.41, 5.74) is 0.861. The Morgan fingerprint density at radius 3 is 2.33 bits per heavy atom. The molecule has 40 heavy (non-hydrogen) atoms. The quantitative estimate of drug-likeness (QED) is 0.246. The highest BCUT2D eigenvalue weighted by atomic mass is 35.5. The number of halogens is 4. The van der Waals surface area contributed by atoms with Crippen molar-refractivity contribution in [3.63, 3.8) is 0 Å². The molecule has 1 aromatic heterocycles. The summed E-state index contributed by atoms with van der Waals surface area (Å²) in [4.78, 5) is 28.9. The number of pyridine rings is 1. The van der Waals surface area contributed by atoms with E-state index in [2.05, 4.69) is 10.3 Å². The molecule has 0 bridgehead atoms. The summed E-state index contributed by atoms with van der Waals surface area (Å²) in [5, 5.41) is 2.39. The second-order valence-electron chi connectivity index (χ2n) is 8.73. The lowest BCUT2D eigenvalue weighted by atomic mass is 9.94. The Bertz CT molecular complexity index is 1700. The highest BCUT2D eigenvalue weighted by molar-refractivity contribution is 7.90. The fourth-order valence-electron chi connectivity index (χ4n) is 4.11. The van der Waals surface area contributed by atoms with E-state index < -0.39 is 45.3 Å². The Balaban J connectivity index is 1.75. The zero-order chi connectivity index (χ0) is 29.0. The molecular formula is C28H21ClF3N3O4S. The third-order valence-electron chi connectivity index (χ3n) is 5.85. The van der Waals surface area contributed by atoms with Crippen molar-refractivity contribution in [3.8, 4) is 11.1 Å². The first kappa shape index (κ1) is 28.8. The van der Waals surface area contributed by atoms with Crippen LogP contribution in [0.25, 0.3) is 11.1 Å². The molecule has 1 atom stereocenters. The van der Waals surface area contributed by atoms with Gasteiger partial charge in [-0.1, -0.05) is 35.9 Å². The molecule has 0 aliphatic carbocycles. The molecule has 1 heterocycles. The van der Waals surface area contributed by atoms with Crippen LogP contribution < -0.4 is 10.0 Å². The summed E-state index contributed by atoms with van der Waals surface area (Å²) < 4.78 is 69.7. The van der Waals surface area contributed by atoms with Gasteiger partial charge in [0.2, 0.25) is 0 Å². The molecule has 12 heteroatoms. The van der Waals surface area contributed by atoms with Crippen molar-refractivity contribution in [2.24, 2.45) is 0 Å². The van der Waals surface area contributed by atoms with Crippen molar-refractivity contribution in [3.05, 3.63) is 118 Å². The number of hydrogen-bond acceptors (Lipinski definition) is 5. The number of ketones is 1. The van der Waals surface area contributed by atoms with E-state index in [1.807, 2.05) is 4.72 Å². The van der Waals surface area contributed by atoms with Gasteiger partial charge in [-0.3, -0.25) is 9.78 Å². The fourth-order valence-corrected chi connectivity index (χ4v) is 5.55. The van der Waals surface area contributed by atoms with Gasteiger partial charge in [-0.05, 0) is 66.9 Å². The van der Waals surface area contributed by atoms with Crippen LogP contribution in [0.4, 0.5) is 18.0 Å². The Morgan fingerprint density at radius 1 is 0.950 bits per heavy atom. The van der Waals surface area contributed by atoms with Crippen LogP contribution in [0.5, 0.6) is 0 Å². The first-order valence-corrected chi connectivity index (χ1v) is 13.6. The minimum Gasteiger partial charge on any atom is -0.329 e. The minimum absolute atomic E-state index is 0.112. The second-order valence-corrected chi connectivity index (χ2v) is 10.8. The number of amides is 2. The lowest BCUT2D eigenvalue weighted by Crippen LogP contribution is -2.42. The van der Waals surface area contributed by atoms with Gasteiger partial charge >= 0.3 is 6.03 Å². The standard InChI is InChI=1S/C28H21ClF3N3O4S/c1-16(36)22-14-18(8-9-24(22)32)21-5-4-10-33-27(21)25(13-17-11-19(30)15-20(31)12-17)34-28(37)35-40(38,39)26-7-3-2-6-23(26)29/h2-12,14-15,25H,13H2,1H3,(H2,34,35,37)/t25-/m1/s1. The van der Waals surface area contributed by atoms with Crippen molar-refractivity contribution in [1.82, 2.24) is 15.0 Å². The Kier molecular flexibility index (Phi) is 8.55. The third-order valence-corrected chi connectivity index (χ3v) is 7.68. The summed E-state index contributed by atoms with van der Waals surface area (Å²) in [6.45, 7) is 1.21. The van der Waals surface area contributed by atoms with Crippen LogP contribution >= 0.6 is 11.6 Å². The van der Waals surface area contributed by atoms with Gasteiger partial charge in [0.1, 0.15) is 22.3 Å². The van der Waals surface area contributed by atoms with Gasteiger partial charge in [0, 0.05) is 17.8 Å². The lowest BCUT2D eigenvalue weighted by Gasteiger charge is -2.22. The topological polar surface area (TPSA) is 105 Å². The van der Waals surface area contributed by atoms with Crippen LogP contribution in [0.3, 0.4) is 0 Å². The molecule has 4 aromatic rings. The lowest BCUT2D eigenvalue weighted by molar-refractivity contribution is 0.101. The van der Waals surface area contributed by atoms with E-state index in [1.165, 1.54) is 49.5 Å². The molecule has 0 radical (unpaired) electrons. The third kappa shape index (κ3) is 6.67. The monoisotopic (exact) mass is 587 g/mol. The number of nitrogens with zero attached hydrogens (tertiary/aromatic N) is 1. The molecule has 3 aromatic carbocycles. The van der Waals surface area contributed by atoms with Crippen LogP contribution in [-0.4, -0.2) is 25.2 Å². The van der Waals surface area contributed by atoms with Crippen molar-refractivity contribution in [2.45, 2.75) is 24.3 Å². The summed E-state index contributed by atoms with van der Waals surface area (Å²) in [7, 11) is -4.40. The molecule has 0 saturated heterocycles. The van der Waals surface area contributed by atoms with Crippen LogP contribution in [0.1, 0.15) is 34.6 Å². The van der Waals surface area contributed by atoms with E-state index in [9.17, 15) is 31.2 Å². The smallest absolute Gasteiger partial charge is 0.329 e. The summed E-state index contributed by atoms with van der Waals surface area (Å²) >= 11 is 5.98. The summed E-state index contributed by atoms with van der Waals surface area (Å²) in [6, 6.07) is 13.0. The van der Waals surface area contributed by atoms with Gasteiger partial charge in [-0.15, -0.1) is 0 Å². The second kappa shape index (κ2) is 11.9. The van der Waals surface area contributed by atoms with Crippen molar-refractivity contribution >= 4 is 33.4 Å². The molecule has 206 valence electrons. The molecule has 4 rings (SSSR count). The number of Topliss-reactive ketones (excluding diaryl/α,β-unsaturated/α-hetero) is 1. The number of carbonyl (C=O) groups is 2. The zero-order valence-electron chi connectivity index (χ0n) is 20.8. The molecule has 0 unspecified atom stereocenters. The molecule has 2 amide bonds. The van der Waals surface area contributed by atoms with E-state index in [0.29, 0.717) is 17.2 Å². The maximum absolute atomic E-state index is 14.2. The maximum Gasteiger partial charge on any atom is 0.329 e. The zero-order valence-corrected chi connectivity index (χ0v) is 22.4. The van der Waals surface area contributed by atoms with Crippen LogP contribution in [-0.2, 0) is 16.4 Å². The number of nitrogens with one attached hydrogen (secondary N) is 2. The van der Waals surface area contributed by atoms with Gasteiger partial charge in [0.25, 0.3) is 10.0 Å². The van der Waals surface area contributed by atoms with Crippen LogP contribution in [0.2, 0.25) is 5.02 Å². The minimum atomic E-state index is -4.40. The average molecular weight is 588 g/mol. The molecule has 2 N–H and O–H groups in total. The molecular weight excluding hydrogens is 567 g/mol. The first-order valence-electron chi connectivity index (χ1n) is 11.7. The number of benzene rings is 3.